The predicted molar refractivity (Wildman–Crippen MR) is 70.5 cm³/mol. The van der Waals surface area contributed by atoms with Gasteiger partial charge in [0.05, 0.1) is 12.1 Å². The number of esters is 1. The van der Waals surface area contributed by atoms with Gasteiger partial charge >= 0.3 is 5.97 Å². The van der Waals surface area contributed by atoms with Crippen molar-refractivity contribution in [3.8, 4) is 6.07 Å². The van der Waals surface area contributed by atoms with Gasteiger partial charge in [-0.1, -0.05) is 18.2 Å². The third-order valence-corrected chi connectivity index (χ3v) is 3.33. The molecule has 1 aliphatic rings. The number of benzene rings is 1. The van der Waals surface area contributed by atoms with Gasteiger partial charge in [-0.15, -0.1) is 0 Å². The highest BCUT2D eigenvalue weighted by atomic mass is 16.7. The van der Waals surface area contributed by atoms with Gasteiger partial charge in [0.1, 0.15) is 12.2 Å². The first-order valence-electron chi connectivity index (χ1n) is 6.33. The predicted octanol–water partition coefficient (Wildman–Crippen LogP) is 2.13. The Bertz CT molecular complexity index is 717. The normalized spacial score (nSPS) is 24.1. The first kappa shape index (κ1) is 12.6. The highest BCUT2D eigenvalue weighted by Crippen LogP contribution is 2.51. The zero-order valence-electron chi connectivity index (χ0n) is 10.9. The highest BCUT2D eigenvalue weighted by Gasteiger charge is 2.66. The summed E-state index contributed by atoms with van der Waals surface area (Å²) in [6, 6.07) is 11.2. The van der Waals surface area contributed by atoms with Crippen LogP contribution in [0, 0.1) is 11.3 Å². The number of carbonyl (C=O) groups is 1. The Morgan fingerprint density at radius 3 is 3.05 bits per heavy atom. The van der Waals surface area contributed by atoms with Crippen LogP contribution in [0.2, 0.25) is 0 Å². The minimum atomic E-state index is -1.51. The number of carbonyl (C=O) groups excluding carboxylic acids is 1. The van der Waals surface area contributed by atoms with E-state index in [9.17, 15) is 10.1 Å². The molecule has 0 bridgehead atoms. The molecule has 0 aliphatic carbocycles. The van der Waals surface area contributed by atoms with Crippen molar-refractivity contribution in [2.45, 2.75) is 18.6 Å². The molecule has 1 aliphatic heterocycles. The van der Waals surface area contributed by atoms with E-state index < -0.39 is 17.7 Å². The molecule has 0 amide bonds. The number of hydrogen-bond donors (Lipinski definition) is 0. The second-order valence-corrected chi connectivity index (χ2v) is 4.48. The topological polar surface area (TPSA) is 75.5 Å². The van der Waals surface area contributed by atoms with Crippen molar-refractivity contribution in [2.75, 3.05) is 6.61 Å². The van der Waals surface area contributed by atoms with E-state index in [1.54, 1.807) is 19.2 Å². The fourth-order valence-corrected chi connectivity index (χ4v) is 2.31. The molecule has 100 valence electrons. The molecule has 5 heteroatoms. The maximum atomic E-state index is 11.9. The summed E-state index contributed by atoms with van der Waals surface area (Å²) in [6.07, 6.45) is 1.05. The Kier molecular flexibility index (Phi) is 2.88. The molecule has 1 aromatic carbocycles. The van der Waals surface area contributed by atoms with Gasteiger partial charge in [-0.2, -0.15) is 5.26 Å². The quantitative estimate of drug-likeness (QED) is 0.629. The van der Waals surface area contributed by atoms with Crippen molar-refractivity contribution in [1.29, 1.82) is 5.26 Å². The second kappa shape index (κ2) is 4.58. The maximum absolute atomic E-state index is 11.9. The third kappa shape index (κ3) is 1.74. The molecule has 1 saturated heterocycles. The summed E-state index contributed by atoms with van der Waals surface area (Å²) < 4.78 is 10.3. The van der Waals surface area contributed by atoms with Crippen molar-refractivity contribution < 1.29 is 14.3 Å². The summed E-state index contributed by atoms with van der Waals surface area (Å²) in [6.45, 7) is 1.91. The molecule has 0 saturated carbocycles. The van der Waals surface area contributed by atoms with E-state index in [4.69, 9.17) is 9.47 Å². The Morgan fingerprint density at radius 2 is 2.30 bits per heavy atom. The molecule has 0 N–H and O–H groups in total. The molecule has 2 unspecified atom stereocenters. The lowest BCUT2D eigenvalue weighted by Gasteiger charge is -2.05. The fraction of sp³-hybridized carbons (Fsp3) is 0.267. The van der Waals surface area contributed by atoms with E-state index in [-0.39, 0.29) is 6.61 Å². The van der Waals surface area contributed by atoms with Crippen LogP contribution in [0.15, 0.2) is 36.5 Å². The number of ether oxygens (including phenoxy) is 2. The number of aromatic nitrogens is 1. The van der Waals surface area contributed by atoms with Crippen LogP contribution in [0.4, 0.5) is 0 Å². The average molecular weight is 268 g/mol. The number of fused-ring (bicyclic) bond motifs is 1. The average Bonchev–Trinajstić information content (AvgIpc) is 3.23. The maximum Gasteiger partial charge on any atom is 0.356 e. The van der Waals surface area contributed by atoms with Gasteiger partial charge in [-0.05, 0) is 24.6 Å². The molecular formula is C15H12N2O3. The summed E-state index contributed by atoms with van der Waals surface area (Å²) >= 11 is 0. The van der Waals surface area contributed by atoms with Crippen molar-refractivity contribution in [1.82, 2.24) is 4.98 Å². The van der Waals surface area contributed by atoms with Gasteiger partial charge < -0.3 is 9.47 Å². The van der Waals surface area contributed by atoms with Gasteiger partial charge in [0.15, 0.2) is 0 Å². The summed E-state index contributed by atoms with van der Waals surface area (Å²) in [5.74, 6) is -0.631. The van der Waals surface area contributed by atoms with Crippen LogP contribution in [-0.4, -0.2) is 23.2 Å². The Balaban J connectivity index is 2.02. The lowest BCUT2D eigenvalue weighted by molar-refractivity contribution is -0.147. The number of pyridine rings is 1. The number of nitriles is 1. The molecule has 3 rings (SSSR count). The second-order valence-electron chi connectivity index (χ2n) is 4.48. The standard InChI is InChI=1S/C15H12N2O3/c1-2-19-14(18)15(9-16)13(20-15)11-7-8-17-12-6-4-3-5-10(11)12/h3-8,13H,2H2,1H3. The van der Waals surface area contributed by atoms with Crippen molar-refractivity contribution in [2.24, 2.45) is 0 Å². The molecule has 2 aromatic rings. The van der Waals surface area contributed by atoms with Crippen LogP contribution in [-0.2, 0) is 14.3 Å². The smallest absolute Gasteiger partial charge is 0.356 e. The molecule has 0 radical (unpaired) electrons. The van der Waals surface area contributed by atoms with E-state index >= 15 is 0 Å². The number of rotatable bonds is 3. The van der Waals surface area contributed by atoms with Crippen molar-refractivity contribution >= 4 is 16.9 Å². The fourth-order valence-electron chi connectivity index (χ4n) is 2.31. The summed E-state index contributed by atoms with van der Waals surface area (Å²) in [4.78, 5) is 16.1. The van der Waals surface area contributed by atoms with Gasteiger partial charge in [-0.25, -0.2) is 4.79 Å². The lowest BCUT2D eigenvalue weighted by atomic mass is 9.98. The van der Waals surface area contributed by atoms with Crippen molar-refractivity contribution in [3.05, 3.63) is 42.1 Å². The summed E-state index contributed by atoms with van der Waals surface area (Å²) in [7, 11) is 0. The Morgan fingerprint density at radius 1 is 1.50 bits per heavy atom. The molecule has 2 atom stereocenters. The van der Waals surface area contributed by atoms with Crippen LogP contribution >= 0.6 is 0 Å². The van der Waals surface area contributed by atoms with Gasteiger partial charge in [0.25, 0.3) is 5.60 Å². The Hall–Kier alpha value is -2.45. The first-order valence-corrected chi connectivity index (χ1v) is 6.33. The number of hydrogen-bond acceptors (Lipinski definition) is 5. The van der Waals surface area contributed by atoms with E-state index in [0.29, 0.717) is 0 Å². The number of epoxide rings is 1. The lowest BCUT2D eigenvalue weighted by Crippen LogP contribution is -2.26. The first-order chi connectivity index (χ1) is 9.73. The SMILES string of the molecule is CCOC(=O)C1(C#N)OC1c1ccnc2ccccc12. The van der Waals surface area contributed by atoms with Gasteiger partial charge in [-0.3, -0.25) is 4.98 Å². The monoisotopic (exact) mass is 268 g/mol. The van der Waals surface area contributed by atoms with Crippen LogP contribution in [0.1, 0.15) is 18.6 Å². The minimum Gasteiger partial charge on any atom is -0.463 e. The molecule has 5 nitrogen and oxygen atoms in total. The van der Waals surface area contributed by atoms with Crippen LogP contribution in [0.3, 0.4) is 0 Å². The van der Waals surface area contributed by atoms with E-state index in [1.165, 1.54) is 0 Å². The van der Waals surface area contributed by atoms with E-state index in [2.05, 4.69) is 4.98 Å². The summed E-state index contributed by atoms with van der Waals surface area (Å²) in [5, 5.41) is 10.1. The van der Waals surface area contributed by atoms with Crippen LogP contribution < -0.4 is 0 Å². The number of nitrogens with zero attached hydrogens (tertiary/aromatic N) is 2. The number of para-hydroxylation sites is 1. The molecule has 20 heavy (non-hydrogen) atoms. The van der Waals surface area contributed by atoms with Crippen LogP contribution in [0.5, 0.6) is 0 Å². The molecule has 2 heterocycles. The Labute approximate surface area is 115 Å². The zero-order chi connectivity index (χ0) is 14.2. The summed E-state index contributed by atoms with van der Waals surface area (Å²) in [5.41, 5.74) is 0.0709. The van der Waals surface area contributed by atoms with E-state index in [1.807, 2.05) is 30.3 Å². The molecule has 0 spiro atoms. The molecule has 1 aromatic heterocycles. The van der Waals surface area contributed by atoms with E-state index in [0.717, 1.165) is 16.5 Å². The zero-order valence-corrected chi connectivity index (χ0v) is 10.9. The van der Waals surface area contributed by atoms with Crippen molar-refractivity contribution in [3.63, 3.8) is 0 Å². The minimum absolute atomic E-state index is 0.218. The molecular weight excluding hydrogens is 256 g/mol. The highest BCUT2D eigenvalue weighted by molar-refractivity contribution is 5.90. The van der Waals surface area contributed by atoms with Gasteiger partial charge in [0, 0.05) is 11.6 Å². The van der Waals surface area contributed by atoms with Crippen LogP contribution in [0.25, 0.3) is 10.9 Å². The van der Waals surface area contributed by atoms with Gasteiger partial charge in [0.2, 0.25) is 0 Å². The molecule has 1 fully saturated rings. The largest absolute Gasteiger partial charge is 0.463 e. The third-order valence-electron chi connectivity index (χ3n) is 3.33.